The van der Waals surface area contributed by atoms with E-state index in [9.17, 15) is 13.2 Å². The number of hydrogen-bond acceptors (Lipinski definition) is 6. The first-order chi connectivity index (χ1) is 15.7. The minimum absolute atomic E-state index is 0.00745. The molecule has 0 spiro atoms. The first-order valence-corrected chi connectivity index (χ1v) is 13.4. The lowest BCUT2D eigenvalue weighted by atomic mass is 9.79. The van der Waals surface area contributed by atoms with Crippen LogP contribution in [0.3, 0.4) is 0 Å². The molecule has 0 aromatic heterocycles. The van der Waals surface area contributed by atoms with Crippen LogP contribution in [0.15, 0.2) is 17.0 Å². The Balaban J connectivity index is 1.43. The molecular formula is C24H39N3O5S. The Bertz CT molecular complexity index is 884. The highest BCUT2D eigenvalue weighted by Gasteiger charge is 2.29. The number of nitrogens with one attached hydrogen (secondary N) is 1. The van der Waals surface area contributed by atoms with Crippen molar-refractivity contribution in [3.05, 3.63) is 23.3 Å². The summed E-state index contributed by atoms with van der Waals surface area (Å²) in [6.07, 6.45) is 4.62. The minimum Gasteiger partial charge on any atom is -0.497 e. The van der Waals surface area contributed by atoms with Crippen LogP contribution >= 0.6 is 0 Å². The molecule has 2 heterocycles. The second-order valence-corrected chi connectivity index (χ2v) is 11.3. The third-order valence-electron chi connectivity index (χ3n) is 7.06. The van der Waals surface area contributed by atoms with E-state index >= 15 is 0 Å². The van der Waals surface area contributed by atoms with Gasteiger partial charge in [0.25, 0.3) is 0 Å². The van der Waals surface area contributed by atoms with Crippen molar-refractivity contribution in [2.24, 2.45) is 11.8 Å². The average Bonchev–Trinajstić information content (AvgIpc) is 2.81. The number of amides is 1. The van der Waals surface area contributed by atoms with Gasteiger partial charge in [0.15, 0.2) is 0 Å². The molecule has 9 heteroatoms. The van der Waals surface area contributed by atoms with E-state index < -0.39 is 10.0 Å². The number of nitrogens with zero attached hydrogens (tertiary/aromatic N) is 2. The number of carbonyl (C=O) groups excluding carboxylic acids is 1. The van der Waals surface area contributed by atoms with Gasteiger partial charge in [-0.15, -0.1) is 0 Å². The van der Waals surface area contributed by atoms with Crippen LogP contribution in [0.5, 0.6) is 5.75 Å². The summed E-state index contributed by atoms with van der Waals surface area (Å²) in [5, 5.41) is 3.42. The highest BCUT2D eigenvalue weighted by Crippen LogP contribution is 2.31. The number of benzene rings is 1. The van der Waals surface area contributed by atoms with Crippen molar-refractivity contribution in [2.45, 2.75) is 44.4 Å². The lowest BCUT2D eigenvalue weighted by molar-refractivity contribution is -0.137. The Morgan fingerprint density at radius 2 is 1.67 bits per heavy atom. The van der Waals surface area contributed by atoms with Crippen molar-refractivity contribution < 1.29 is 22.7 Å². The molecule has 186 valence electrons. The second-order valence-electron chi connectivity index (χ2n) is 9.28. The topological polar surface area (TPSA) is 88.2 Å². The maximum absolute atomic E-state index is 13.1. The second kappa shape index (κ2) is 11.6. The number of sulfonamides is 1. The van der Waals surface area contributed by atoms with Crippen molar-refractivity contribution in [3.8, 4) is 5.75 Å². The standard InChI is InChI=1S/C24H39N3O5S/c1-18-15-22(31-4)16-19(2)24(18)33(29,30)26(3)13-14-32-17-23(28)27-11-7-21(8-12-27)20-5-9-25-10-6-20/h15-16,20-21,25H,5-14,17H2,1-4H3. The molecule has 0 bridgehead atoms. The van der Waals surface area contributed by atoms with Gasteiger partial charge in [0, 0.05) is 26.7 Å². The maximum Gasteiger partial charge on any atom is 0.248 e. The van der Waals surface area contributed by atoms with Gasteiger partial charge in [-0.1, -0.05) is 0 Å². The van der Waals surface area contributed by atoms with Crippen molar-refractivity contribution in [2.75, 3.05) is 60.1 Å². The Kier molecular flexibility index (Phi) is 9.15. The van der Waals surface area contributed by atoms with Crippen molar-refractivity contribution in [1.29, 1.82) is 0 Å². The van der Waals surface area contributed by atoms with Gasteiger partial charge < -0.3 is 19.7 Å². The Morgan fingerprint density at radius 1 is 1.09 bits per heavy atom. The minimum atomic E-state index is -3.67. The largest absolute Gasteiger partial charge is 0.497 e. The van der Waals surface area contributed by atoms with Crippen LogP contribution in [0, 0.1) is 25.7 Å². The van der Waals surface area contributed by atoms with Crippen LogP contribution in [0.4, 0.5) is 0 Å². The van der Waals surface area contributed by atoms with Gasteiger partial charge in [-0.25, -0.2) is 8.42 Å². The predicted octanol–water partition coefficient (Wildman–Crippen LogP) is 2.19. The smallest absolute Gasteiger partial charge is 0.248 e. The monoisotopic (exact) mass is 481 g/mol. The molecule has 33 heavy (non-hydrogen) atoms. The molecule has 2 aliphatic heterocycles. The van der Waals surface area contributed by atoms with E-state index in [1.54, 1.807) is 33.1 Å². The van der Waals surface area contributed by atoms with Crippen LogP contribution < -0.4 is 10.1 Å². The van der Waals surface area contributed by atoms with Crippen LogP contribution in [0.25, 0.3) is 0 Å². The molecule has 1 amide bonds. The van der Waals surface area contributed by atoms with Gasteiger partial charge in [0.05, 0.1) is 18.6 Å². The summed E-state index contributed by atoms with van der Waals surface area (Å²) in [6, 6.07) is 3.44. The highest BCUT2D eigenvalue weighted by atomic mass is 32.2. The number of likely N-dealkylation sites (N-methyl/N-ethyl adjacent to an activating group) is 1. The van der Waals surface area contributed by atoms with E-state index in [1.165, 1.54) is 24.2 Å². The van der Waals surface area contributed by atoms with Crippen LogP contribution in [-0.2, 0) is 19.6 Å². The molecule has 2 saturated heterocycles. The summed E-state index contributed by atoms with van der Waals surface area (Å²) < 4.78 is 38.2. The lowest BCUT2D eigenvalue weighted by Crippen LogP contribution is -2.43. The van der Waals surface area contributed by atoms with Crippen LogP contribution in [0.2, 0.25) is 0 Å². The van der Waals surface area contributed by atoms with E-state index in [1.807, 2.05) is 4.90 Å². The molecule has 1 aromatic rings. The van der Waals surface area contributed by atoms with Gasteiger partial charge in [0.1, 0.15) is 12.4 Å². The van der Waals surface area contributed by atoms with E-state index in [2.05, 4.69) is 5.32 Å². The molecule has 3 rings (SSSR count). The number of hydrogen-bond donors (Lipinski definition) is 1. The normalized spacial score (nSPS) is 18.6. The lowest BCUT2D eigenvalue weighted by Gasteiger charge is -2.37. The zero-order valence-electron chi connectivity index (χ0n) is 20.4. The van der Waals surface area contributed by atoms with E-state index in [0.717, 1.165) is 50.9 Å². The van der Waals surface area contributed by atoms with Crippen LogP contribution in [-0.4, -0.2) is 83.6 Å². The predicted molar refractivity (Wildman–Crippen MR) is 128 cm³/mol. The number of likely N-dealkylation sites (tertiary alicyclic amines) is 1. The number of carbonyl (C=O) groups is 1. The molecule has 0 radical (unpaired) electrons. The van der Waals surface area contributed by atoms with E-state index in [0.29, 0.717) is 21.8 Å². The van der Waals surface area contributed by atoms with Gasteiger partial charge in [-0.3, -0.25) is 4.79 Å². The molecule has 2 aliphatic rings. The SMILES string of the molecule is COc1cc(C)c(S(=O)(=O)N(C)CCOCC(=O)N2CCC(C3CCNCC3)CC2)c(C)c1. The fraction of sp³-hybridized carbons (Fsp3) is 0.708. The molecular weight excluding hydrogens is 442 g/mol. The molecule has 1 N–H and O–H groups in total. The highest BCUT2D eigenvalue weighted by molar-refractivity contribution is 7.89. The summed E-state index contributed by atoms with van der Waals surface area (Å²) in [6.45, 7) is 7.67. The van der Waals surface area contributed by atoms with Crippen molar-refractivity contribution >= 4 is 15.9 Å². The fourth-order valence-corrected chi connectivity index (χ4v) is 6.65. The number of ether oxygens (including phenoxy) is 2. The Hall–Kier alpha value is -1.68. The van der Waals surface area contributed by atoms with Gasteiger partial charge >= 0.3 is 0 Å². The average molecular weight is 482 g/mol. The third-order valence-corrected chi connectivity index (χ3v) is 9.22. The molecule has 0 atom stereocenters. The number of rotatable bonds is 9. The molecule has 0 aliphatic carbocycles. The summed E-state index contributed by atoms with van der Waals surface area (Å²) >= 11 is 0. The first kappa shape index (κ1) is 25.9. The van der Waals surface area contributed by atoms with Gasteiger partial charge in [-0.05, 0) is 87.7 Å². The van der Waals surface area contributed by atoms with E-state index in [-0.39, 0.29) is 25.7 Å². The zero-order valence-corrected chi connectivity index (χ0v) is 21.2. The molecule has 1 aromatic carbocycles. The van der Waals surface area contributed by atoms with Gasteiger partial charge in [-0.2, -0.15) is 4.31 Å². The number of aryl methyl sites for hydroxylation is 2. The zero-order chi connectivity index (χ0) is 24.0. The summed E-state index contributed by atoms with van der Waals surface area (Å²) in [4.78, 5) is 14.7. The van der Waals surface area contributed by atoms with Crippen molar-refractivity contribution in [1.82, 2.24) is 14.5 Å². The summed E-state index contributed by atoms with van der Waals surface area (Å²) in [7, 11) is -0.569. The first-order valence-electron chi connectivity index (χ1n) is 11.9. The molecule has 0 unspecified atom stereocenters. The summed E-state index contributed by atoms with van der Waals surface area (Å²) in [5.74, 6) is 2.13. The quantitative estimate of drug-likeness (QED) is 0.544. The third kappa shape index (κ3) is 6.47. The molecule has 8 nitrogen and oxygen atoms in total. The summed E-state index contributed by atoms with van der Waals surface area (Å²) in [5.41, 5.74) is 1.28. The van der Waals surface area contributed by atoms with Crippen LogP contribution in [0.1, 0.15) is 36.8 Å². The molecule has 2 fully saturated rings. The Morgan fingerprint density at radius 3 is 2.24 bits per heavy atom. The fourth-order valence-electron chi connectivity index (χ4n) is 5.09. The number of piperidine rings is 2. The number of methoxy groups -OCH3 is 1. The van der Waals surface area contributed by atoms with Crippen molar-refractivity contribution in [3.63, 3.8) is 0 Å². The van der Waals surface area contributed by atoms with E-state index in [4.69, 9.17) is 9.47 Å². The Labute approximate surface area is 198 Å². The molecule has 0 saturated carbocycles. The van der Waals surface area contributed by atoms with Gasteiger partial charge in [0.2, 0.25) is 15.9 Å². The maximum atomic E-state index is 13.1.